The van der Waals surface area contributed by atoms with Crippen LogP contribution in [0.3, 0.4) is 0 Å². The van der Waals surface area contributed by atoms with Crippen LogP contribution in [0.15, 0.2) is 36.4 Å². The van der Waals surface area contributed by atoms with Crippen LogP contribution in [-0.2, 0) is 0 Å². The second kappa shape index (κ2) is 5.84. The third kappa shape index (κ3) is 3.51. The van der Waals surface area contributed by atoms with Crippen LogP contribution in [0.4, 0.5) is 20.2 Å². The molecule has 108 valence electrons. The van der Waals surface area contributed by atoms with Crippen molar-refractivity contribution in [2.75, 3.05) is 5.32 Å². The van der Waals surface area contributed by atoms with Gasteiger partial charge in [0.1, 0.15) is 17.2 Å². The first-order chi connectivity index (χ1) is 9.86. The summed E-state index contributed by atoms with van der Waals surface area (Å²) in [5.74, 6) is -2.63. The third-order valence-electron chi connectivity index (χ3n) is 2.52. The number of nitro benzene ring substituents is 1. The molecule has 0 radical (unpaired) electrons. The molecule has 0 saturated carbocycles. The number of halogens is 3. The van der Waals surface area contributed by atoms with Crippen molar-refractivity contribution < 1.29 is 18.5 Å². The molecular weight excluding hydrogens is 306 g/mol. The fraction of sp³-hybridized carbons (Fsp3) is 0. The molecule has 0 fully saturated rings. The number of nitro groups is 1. The molecule has 2 aromatic rings. The van der Waals surface area contributed by atoms with Crippen LogP contribution in [0.2, 0.25) is 5.02 Å². The van der Waals surface area contributed by atoms with Gasteiger partial charge in [-0.15, -0.1) is 0 Å². The predicted octanol–water partition coefficient (Wildman–Crippen LogP) is 3.78. The smallest absolute Gasteiger partial charge is 0.283 e. The van der Waals surface area contributed by atoms with Crippen LogP contribution in [0.5, 0.6) is 0 Å². The summed E-state index contributed by atoms with van der Waals surface area (Å²) in [5, 5.41) is 13.2. The monoisotopic (exact) mass is 312 g/mol. The number of hydrogen-bond acceptors (Lipinski definition) is 3. The lowest BCUT2D eigenvalue weighted by Gasteiger charge is -2.06. The molecule has 0 unspecified atom stereocenters. The molecule has 0 aliphatic carbocycles. The summed E-state index contributed by atoms with van der Waals surface area (Å²) in [4.78, 5) is 22.1. The van der Waals surface area contributed by atoms with Gasteiger partial charge in [-0.2, -0.15) is 0 Å². The first-order valence-corrected chi connectivity index (χ1v) is 5.96. The van der Waals surface area contributed by atoms with E-state index < -0.39 is 28.2 Å². The molecule has 0 spiro atoms. The zero-order valence-corrected chi connectivity index (χ0v) is 11.0. The minimum Gasteiger partial charge on any atom is -0.322 e. The average molecular weight is 313 g/mol. The Labute approximate surface area is 122 Å². The lowest BCUT2D eigenvalue weighted by Crippen LogP contribution is -2.14. The van der Waals surface area contributed by atoms with Gasteiger partial charge in [-0.3, -0.25) is 14.9 Å². The van der Waals surface area contributed by atoms with Crippen molar-refractivity contribution in [2.24, 2.45) is 0 Å². The van der Waals surface area contributed by atoms with Gasteiger partial charge in [-0.05, 0) is 24.3 Å². The standard InChI is InChI=1S/C13H7ClF2N2O3/c14-7-1-2-11(12(3-7)18(20)21)13(19)17-10-5-8(15)4-9(16)6-10/h1-6H,(H,17,19). The summed E-state index contributed by atoms with van der Waals surface area (Å²) in [6.07, 6.45) is 0. The topological polar surface area (TPSA) is 72.2 Å². The van der Waals surface area contributed by atoms with E-state index in [1.54, 1.807) is 0 Å². The predicted molar refractivity (Wildman–Crippen MR) is 72.4 cm³/mol. The van der Waals surface area contributed by atoms with Gasteiger partial charge in [-0.1, -0.05) is 11.6 Å². The highest BCUT2D eigenvalue weighted by molar-refractivity contribution is 6.31. The third-order valence-corrected chi connectivity index (χ3v) is 2.76. The molecule has 1 amide bonds. The molecule has 8 heteroatoms. The normalized spacial score (nSPS) is 10.2. The Morgan fingerprint density at radius 3 is 2.33 bits per heavy atom. The number of rotatable bonds is 3. The molecule has 0 aromatic heterocycles. The second-order valence-corrected chi connectivity index (χ2v) is 4.47. The number of anilines is 1. The van der Waals surface area contributed by atoms with E-state index in [0.29, 0.717) is 6.07 Å². The van der Waals surface area contributed by atoms with Gasteiger partial charge in [0.05, 0.1) is 4.92 Å². The van der Waals surface area contributed by atoms with Crippen molar-refractivity contribution >= 4 is 28.9 Å². The molecule has 0 atom stereocenters. The van der Waals surface area contributed by atoms with Crippen LogP contribution in [0, 0.1) is 21.7 Å². The quantitative estimate of drug-likeness (QED) is 0.692. The molecule has 0 aliphatic rings. The molecule has 0 bridgehead atoms. The lowest BCUT2D eigenvalue weighted by molar-refractivity contribution is -0.385. The molecule has 21 heavy (non-hydrogen) atoms. The molecule has 1 N–H and O–H groups in total. The van der Waals surface area contributed by atoms with Crippen molar-refractivity contribution in [3.8, 4) is 0 Å². The second-order valence-electron chi connectivity index (χ2n) is 4.03. The van der Waals surface area contributed by atoms with Crippen molar-refractivity contribution in [3.05, 3.63) is 68.7 Å². The largest absolute Gasteiger partial charge is 0.322 e. The Morgan fingerprint density at radius 1 is 1.14 bits per heavy atom. The first-order valence-electron chi connectivity index (χ1n) is 5.58. The SMILES string of the molecule is O=C(Nc1cc(F)cc(F)c1)c1ccc(Cl)cc1[N+](=O)[O-]. The van der Waals surface area contributed by atoms with E-state index in [1.807, 2.05) is 0 Å². The highest BCUT2D eigenvalue weighted by Crippen LogP contribution is 2.24. The Hall–Kier alpha value is -2.54. The molecular formula is C13H7ClF2N2O3. The zero-order valence-electron chi connectivity index (χ0n) is 10.3. The van der Waals surface area contributed by atoms with Gasteiger partial charge in [0.25, 0.3) is 11.6 Å². The van der Waals surface area contributed by atoms with Gasteiger partial charge in [0.2, 0.25) is 0 Å². The van der Waals surface area contributed by atoms with Gasteiger partial charge < -0.3 is 5.32 Å². The summed E-state index contributed by atoms with van der Waals surface area (Å²) in [7, 11) is 0. The molecule has 2 rings (SSSR count). The Kier molecular flexibility index (Phi) is 4.13. The van der Waals surface area contributed by atoms with Gasteiger partial charge in [0.15, 0.2) is 0 Å². The summed E-state index contributed by atoms with van der Waals surface area (Å²) in [5.41, 5.74) is -0.923. The fourth-order valence-corrected chi connectivity index (χ4v) is 1.84. The zero-order chi connectivity index (χ0) is 15.6. The van der Waals surface area contributed by atoms with Crippen molar-refractivity contribution in [1.29, 1.82) is 0 Å². The van der Waals surface area contributed by atoms with Crippen LogP contribution >= 0.6 is 11.6 Å². The average Bonchev–Trinajstić information content (AvgIpc) is 2.36. The number of carbonyl (C=O) groups is 1. The van der Waals surface area contributed by atoms with E-state index in [2.05, 4.69) is 5.32 Å². The van der Waals surface area contributed by atoms with Crippen LogP contribution in [0.1, 0.15) is 10.4 Å². The Morgan fingerprint density at radius 2 is 1.76 bits per heavy atom. The van der Waals surface area contributed by atoms with Gasteiger partial charge in [0, 0.05) is 22.8 Å². The lowest BCUT2D eigenvalue weighted by atomic mass is 10.1. The maximum absolute atomic E-state index is 13.0. The number of benzene rings is 2. The minimum atomic E-state index is -0.879. The van der Waals surface area contributed by atoms with Crippen LogP contribution in [-0.4, -0.2) is 10.8 Å². The number of amides is 1. The summed E-state index contributed by atoms with van der Waals surface area (Å²) in [6.45, 7) is 0. The van der Waals surface area contributed by atoms with Gasteiger partial charge in [-0.25, -0.2) is 8.78 Å². The van der Waals surface area contributed by atoms with Crippen LogP contribution in [0.25, 0.3) is 0 Å². The Balaban J connectivity index is 2.34. The molecule has 2 aromatic carbocycles. The van der Waals surface area contributed by atoms with E-state index in [9.17, 15) is 23.7 Å². The molecule has 0 saturated heterocycles. The van der Waals surface area contributed by atoms with Gasteiger partial charge >= 0.3 is 0 Å². The van der Waals surface area contributed by atoms with Crippen molar-refractivity contribution in [1.82, 2.24) is 0 Å². The first kappa shape index (κ1) is 14.9. The summed E-state index contributed by atoms with van der Waals surface area (Å²) >= 11 is 5.63. The maximum atomic E-state index is 13.0. The Bertz CT molecular complexity index is 717. The van der Waals surface area contributed by atoms with Crippen LogP contribution < -0.4 is 5.32 Å². The number of hydrogen-bond donors (Lipinski definition) is 1. The summed E-state index contributed by atoms with van der Waals surface area (Å²) < 4.78 is 26.0. The van der Waals surface area contributed by atoms with Crippen molar-refractivity contribution in [2.45, 2.75) is 0 Å². The van der Waals surface area contributed by atoms with Crippen molar-refractivity contribution in [3.63, 3.8) is 0 Å². The number of carbonyl (C=O) groups excluding carboxylic acids is 1. The van der Waals surface area contributed by atoms with E-state index in [4.69, 9.17) is 11.6 Å². The summed E-state index contributed by atoms with van der Waals surface area (Å²) in [6, 6.07) is 5.90. The molecule has 0 aliphatic heterocycles. The number of nitrogens with zero attached hydrogens (tertiary/aromatic N) is 1. The molecule has 5 nitrogen and oxygen atoms in total. The number of nitrogens with one attached hydrogen (secondary N) is 1. The molecule has 0 heterocycles. The van der Waals surface area contributed by atoms with E-state index in [-0.39, 0.29) is 16.3 Å². The minimum absolute atomic E-state index is 0.0926. The fourth-order valence-electron chi connectivity index (χ4n) is 1.67. The van der Waals surface area contributed by atoms with E-state index in [1.165, 1.54) is 6.07 Å². The highest BCUT2D eigenvalue weighted by Gasteiger charge is 2.20. The highest BCUT2D eigenvalue weighted by atomic mass is 35.5. The van der Waals surface area contributed by atoms with E-state index in [0.717, 1.165) is 24.3 Å². The maximum Gasteiger partial charge on any atom is 0.283 e. The van der Waals surface area contributed by atoms with E-state index >= 15 is 0 Å².